The molecule has 0 heteroatoms. The van der Waals surface area contributed by atoms with E-state index in [9.17, 15) is 0 Å². The Kier molecular flexibility index (Phi) is 5.87. The van der Waals surface area contributed by atoms with Crippen molar-refractivity contribution in [2.75, 3.05) is 0 Å². The average Bonchev–Trinajstić information content (AvgIpc) is 2.18. The summed E-state index contributed by atoms with van der Waals surface area (Å²) < 4.78 is 0. The van der Waals surface area contributed by atoms with Gasteiger partial charge in [0, 0.05) is 0 Å². The van der Waals surface area contributed by atoms with Crippen LogP contribution in [-0.4, -0.2) is 0 Å². The highest BCUT2D eigenvalue weighted by atomic mass is 13.9. The van der Waals surface area contributed by atoms with Gasteiger partial charge in [-0.25, -0.2) is 0 Å². The monoisotopic (exact) mass is 173 g/mol. The molecule has 0 fully saturated rings. The Bertz CT molecular complexity index is 216. The topological polar surface area (TPSA) is 0 Å². The summed E-state index contributed by atoms with van der Waals surface area (Å²) in [6.07, 6.45) is 24.0. The maximum atomic E-state index is 3.30. The lowest BCUT2D eigenvalue weighted by Gasteiger charge is -1.89. The number of hydrogen-bond acceptors (Lipinski definition) is 0. The Morgan fingerprint density at radius 3 is 2.38 bits per heavy atom. The Balaban J connectivity index is 2.38. The van der Waals surface area contributed by atoms with Crippen LogP contribution in [0.25, 0.3) is 0 Å². The van der Waals surface area contributed by atoms with Crippen molar-refractivity contribution in [2.24, 2.45) is 0 Å². The van der Waals surface area contributed by atoms with Gasteiger partial charge in [0.2, 0.25) is 0 Å². The van der Waals surface area contributed by atoms with Crippen molar-refractivity contribution in [2.45, 2.75) is 32.1 Å². The maximum Gasteiger partial charge on any atom is -0.0245 e. The summed E-state index contributed by atoms with van der Waals surface area (Å²) in [5, 5.41) is 0. The van der Waals surface area contributed by atoms with Crippen LogP contribution >= 0.6 is 0 Å². The first-order chi connectivity index (χ1) is 6.50. The number of allylic oxidation sites excluding steroid dienone is 8. The SMILES string of the molecule is [C]1=CCCCC=CC=CC=CCC1. The van der Waals surface area contributed by atoms with Crippen molar-refractivity contribution in [1.82, 2.24) is 0 Å². The third-order valence-electron chi connectivity index (χ3n) is 1.92. The molecular weight excluding hydrogens is 156 g/mol. The van der Waals surface area contributed by atoms with Crippen LogP contribution in [0.2, 0.25) is 0 Å². The Hall–Kier alpha value is -1.04. The summed E-state index contributed by atoms with van der Waals surface area (Å²) in [6.45, 7) is 0. The van der Waals surface area contributed by atoms with Crippen molar-refractivity contribution in [1.29, 1.82) is 0 Å². The summed E-state index contributed by atoms with van der Waals surface area (Å²) in [5.74, 6) is 0. The van der Waals surface area contributed by atoms with Gasteiger partial charge in [-0.1, -0.05) is 42.5 Å². The fourth-order valence-electron chi connectivity index (χ4n) is 1.19. The van der Waals surface area contributed by atoms with Gasteiger partial charge in [0.05, 0.1) is 0 Å². The van der Waals surface area contributed by atoms with Gasteiger partial charge in [-0.2, -0.15) is 0 Å². The van der Waals surface area contributed by atoms with E-state index in [4.69, 9.17) is 0 Å². The van der Waals surface area contributed by atoms with Gasteiger partial charge >= 0.3 is 0 Å². The summed E-state index contributed by atoms with van der Waals surface area (Å²) in [7, 11) is 0. The molecule has 0 aliphatic heterocycles. The highest BCUT2D eigenvalue weighted by Gasteiger charge is 1.81. The second kappa shape index (κ2) is 7.60. The lowest BCUT2D eigenvalue weighted by molar-refractivity contribution is 0.859. The van der Waals surface area contributed by atoms with E-state index in [0.717, 1.165) is 19.3 Å². The van der Waals surface area contributed by atoms with E-state index >= 15 is 0 Å². The molecule has 0 unspecified atom stereocenters. The van der Waals surface area contributed by atoms with Crippen molar-refractivity contribution in [3.05, 3.63) is 48.6 Å². The third-order valence-corrected chi connectivity index (χ3v) is 1.92. The third kappa shape index (κ3) is 6.15. The average molecular weight is 173 g/mol. The first-order valence-corrected chi connectivity index (χ1v) is 5.03. The molecule has 0 aromatic rings. The molecule has 0 atom stereocenters. The van der Waals surface area contributed by atoms with Gasteiger partial charge in [0.25, 0.3) is 0 Å². The molecule has 13 heavy (non-hydrogen) atoms. The first kappa shape index (κ1) is 10.0. The first-order valence-electron chi connectivity index (χ1n) is 5.03. The van der Waals surface area contributed by atoms with Crippen LogP contribution in [0.15, 0.2) is 42.5 Å². The second-order valence-corrected chi connectivity index (χ2v) is 3.12. The molecule has 69 valence electrons. The summed E-state index contributed by atoms with van der Waals surface area (Å²) in [4.78, 5) is 0. The zero-order chi connectivity index (χ0) is 9.19. The van der Waals surface area contributed by atoms with Gasteiger partial charge in [-0.3, -0.25) is 0 Å². The van der Waals surface area contributed by atoms with Crippen LogP contribution in [0, 0.1) is 6.08 Å². The van der Waals surface area contributed by atoms with Gasteiger partial charge in [0.15, 0.2) is 0 Å². The molecule has 0 nitrogen and oxygen atoms in total. The molecule has 0 bridgehead atoms. The Labute approximate surface area is 81.4 Å². The quantitative estimate of drug-likeness (QED) is 0.520. The molecule has 0 aromatic heterocycles. The normalized spacial score (nSPS) is 19.1. The van der Waals surface area contributed by atoms with Crippen molar-refractivity contribution < 1.29 is 0 Å². The number of hydrogen-bond donors (Lipinski definition) is 0. The zero-order valence-electron chi connectivity index (χ0n) is 8.08. The van der Waals surface area contributed by atoms with Crippen LogP contribution in [0.4, 0.5) is 0 Å². The predicted octanol–water partition coefficient (Wildman–Crippen LogP) is 3.98. The van der Waals surface area contributed by atoms with Crippen LogP contribution in [0.3, 0.4) is 0 Å². The molecule has 1 aliphatic carbocycles. The Morgan fingerprint density at radius 2 is 1.54 bits per heavy atom. The fraction of sp³-hybridized carbons (Fsp3) is 0.385. The zero-order valence-corrected chi connectivity index (χ0v) is 8.08. The highest BCUT2D eigenvalue weighted by molar-refractivity contribution is 5.11. The molecular formula is C13H17. The van der Waals surface area contributed by atoms with E-state index in [-0.39, 0.29) is 0 Å². The summed E-state index contributed by atoms with van der Waals surface area (Å²) in [5.41, 5.74) is 0. The standard InChI is InChI=1S/C13H17/c1-2-4-6-8-10-12-13-11-9-7-5-3-1/h1-6,13H,7-11H2. The predicted molar refractivity (Wildman–Crippen MR) is 58.3 cm³/mol. The van der Waals surface area contributed by atoms with E-state index in [0.29, 0.717) is 0 Å². The minimum atomic E-state index is 1.05. The van der Waals surface area contributed by atoms with E-state index in [1.807, 2.05) is 0 Å². The molecule has 0 heterocycles. The van der Waals surface area contributed by atoms with Crippen LogP contribution in [0.5, 0.6) is 0 Å². The van der Waals surface area contributed by atoms with Gasteiger partial charge in [-0.05, 0) is 38.2 Å². The number of rotatable bonds is 0. The minimum Gasteiger partial charge on any atom is -0.0845 e. The lowest BCUT2D eigenvalue weighted by Crippen LogP contribution is -1.70. The van der Waals surface area contributed by atoms with E-state index < -0.39 is 0 Å². The minimum absolute atomic E-state index is 1.05. The van der Waals surface area contributed by atoms with E-state index in [1.54, 1.807) is 0 Å². The van der Waals surface area contributed by atoms with Gasteiger partial charge in [0.1, 0.15) is 0 Å². The van der Waals surface area contributed by atoms with Crippen molar-refractivity contribution >= 4 is 0 Å². The molecule has 1 rings (SSSR count). The maximum absolute atomic E-state index is 3.30. The molecule has 0 aromatic carbocycles. The van der Waals surface area contributed by atoms with Crippen LogP contribution in [-0.2, 0) is 0 Å². The van der Waals surface area contributed by atoms with Gasteiger partial charge < -0.3 is 0 Å². The smallest absolute Gasteiger partial charge is 0.0245 e. The summed E-state index contributed by atoms with van der Waals surface area (Å²) in [6, 6.07) is 0. The molecule has 0 amide bonds. The molecule has 0 N–H and O–H groups in total. The molecule has 0 saturated heterocycles. The Morgan fingerprint density at radius 1 is 0.769 bits per heavy atom. The van der Waals surface area contributed by atoms with Crippen LogP contribution in [0.1, 0.15) is 32.1 Å². The molecule has 0 spiro atoms. The highest BCUT2D eigenvalue weighted by Crippen LogP contribution is 2.01. The summed E-state index contributed by atoms with van der Waals surface area (Å²) >= 11 is 0. The molecule has 1 aliphatic rings. The van der Waals surface area contributed by atoms with E-state index in [1.165, 1.54) is 12.8 Å². The second-order valence-electron chi connectivity index (χ2n) is 3.12. The van der Waals surface area contributed by atoms with Crippen molar-refractivity contribution in [3.63, 3.8) is 0 Å². The van der Waals surface area contributed by atoms with E-state index in [2.05, 4.69) is 48.6 Å². The van der Waals surface area contributed by atoms with Crippen LogP contribution < -0.4 is 0 Å². The van der Waals surface area contributed by atoms with Crippen molar-refractivity contribution in [3.8, 4) is 0 Å². The molecule has 1 radical (unpaired) electrons. The lowest BCUT2D eigenvalue weighted by atomic mass is 10.2. The largest absolute Gasteiger partial charge is 0.0845 e. The van der Waals surface area contributed by atoms with Gasteiger partial charge in [-0.15, -0.1) is 0 Å². The fourth-order valence-corrected chi connectivity index (χ4v) is 1.19. The molecule has 0 saturated carbocycles.